The predicted molar refractivity (Wildman–Crippen MR) is 135 cm³/mol. The van der Waals surface area contributed by atoms with Gasteiger partial charge < -0.3 is 24.2 Å². The second kappa shape index (κ2) is 11.5. The summed E-state index contributed by atoms with van der Waals surface area (Å²) >= 11 is 0. The van der Waals surface area contributed by atoms with Gasteiger partial charge in [-0.3, -0.25) is 9.78 Å². The SMILES string of the molecule is Cc1noc(Cc2cnc(C(F)(F)F)cn2)c1C(=O)Nc1ccc(OC[C@H]2CCN(C(=O)OC(C)(C)C)C2)nc1. The number of nitrogens with one attached hydrogen (secondary N) is 1. The largest absolute Gasteiger partial charge is 0.477 e. The summed E-state index contributed by atoms with van der Waals surface area (Å²) in [6, 6.07) is 3.22. The molecule has 1 aliphatic rings. The van der Waals surface area contributed by atoms with Crippen molar-refractivity contribution in [2.24, 2.45) is 5.92 Å². The number of pyridine rings is 1. The van der Waals surface area contributed by atoms with Gasteiger partial charge in [0.1, 0.15) is 11.2 Å². The van der Waals surface area contributed by atoms with Crippen molar-refractivity contribution < 1.29 is 36.8 Å². The van der Waals surface area contributed by atoms with Gasteiger partial charge in [-0.2, -0.15) is 13.2 Å². The van der Waals surface area contributed by atoms with Gasteiger partial charge in [-0.15, -0.1) is 0 Å². The van der Waals surface area contributed by atoms with E-state index in [0.717, 1.165) is 12.6 Å². The highest BCUT2D eigenvalue weighted by Gasteiger charge is 2.33. The maximum atomic E-state index is 13.0. The Morgan fingerprint density at radius 3 is 2.52 bits per heavy atom. The lowest BCUT2D eigenvalue weighted by molar-refractivity contribution is -0.141. The van der Waals surface area contributed by atoms with E-state index >= 15 is 0 Å². The number of likely N-dealkylation sites (tertiary alicyclic amines) is 1. The van der Waals surface area contributed by atoms with Crippen molar-refractivity contribution in [3.63, 3.8) is 0 Å². The Labute approximate surface area is 228 Å². The zero-order valence-electron chi connectivity index (χ0n) is 22.4. The molecular formula is C26H29F3N6O5. The second-order valence-corrected chi connectivity index (χ2v) is 10.4. The van der Waals surface area contributed by atoms with Crippen LogP contribution < -0.4 is 10.1 Å². The fourth-order valence-corrected chi connectivity index (χ4v) is 3.98. The average Bonchev–Trinajstić information content (AvgIpc) is 3.49. The topological polar surface area (TPSA) is 133 Å². The highest BCUT2D eigenvalue weighted by molar-refractivity contribution is 6.05. The van der Waals surface area contributed by atoms with Crippen molar-refractivity contribution in [3.8, 4) is 5.88 Å². The number of halogens is 3. The summed E-state index contributed by atoms with van der Waals surface area (Å²) in [7, 11) is 0. The van der Waals surface area contributed by atoms with E-state index < -0.39 is 23.4 Å². The summed E-state index contributed by atoms with van der Waals surface area (Å²) in [5.74, 6) is 0.0979. The Morgan fingerprint density at radius 1 is 1.12 bits per heavy atom. The number of alkyl halides is 3. The molecule has 40 heavy (non-hydrogen) atoms. The average molecular weight is 563 g/mol. The molecule has 11 nitrogen and oxygen atoms in total. The van der Waals surface area contributed by atoms with Crippen molar-refractivity contribution in [3.05, 3.63) is 59.1 Å². The number of anilines is 1. The smallest absolute Gasteiger partial charge is 0.434 e. The lowest BCUT2D eigenvalue weighted by Gasteiger charge is -2.24. The van der Waals surface area contributed by atoms with Crippen LogP contribution in [0.2, 0.25) is 0 Å². The Morgan fingerprint density at radius 2 is 1.90 bits per heavy atom. The first-order chi connectivity index (χ1) is 18.8. The van der Waals surface area contributed by atoms with E-state index in [0.29, 0.717) is 43.2 Å². The second-order valence-electron chi connectivity index (χ2n) is 10.4. The Kier molecular flexibility index (Phi) is 8.26. The Balaban J connectivity index is 1.30. The molecule has 0 unspecified atom stereocenters. The molecule has 1 aliphatic heterocycles. The van der Waals surface area contributed by atoms with Gasteiger partial charge in [0.25, 0.3) is 5.91 Å². The quantitative estimate of drug-likeness (QED) is 0.436. The van der Waals surface area contributed by atoms with Crippen molar-refractivity contribution >= 4 is 17.7 Å². The molecule has 0 spiro atoms. The van der Waals surface area contributed by atoms with Gasteiger partial charge in [-0.05, 0) is 40.2 Å². The molecule has 14 heteroatoms. The molecule has 0 saturated carbocycles. The van der Waals surface area contributed by atoms with Gasteiger partial charge in [0.05, 0.1) is 42.5 Å². The van der Waals surface area contributed by atoms with Gasteiger partial charge in [0.2, 0.25) is 5.88 Å². The van der Waals surface area contributed by atoms with Crippen LogP contribution >= 0.6 is 0 Å². The third-order valence-corrected chi connectivity index (χ3v) is 5.90. The molecule has 1 atom stereocenters. The fraction of sp³-hybridized carbons (Fsp3) is 0.462. The van der Waals surface area contributed by atoms with Crippen molar-refractivity contribution in [2.75, 3.05) is 25.0 Å². The molecule has 0 aliphatic carbocycles. The number of carbonyl (C=O) groups is 2. The first-order valence-corrected chi connectivity index (χ1v) is 12.5. The van der Waals surface area contributed by atoms with Crippen LogP contribution in [0, 0.1) is 12.8 Å². The van der Waals surface area contributed by atoms with Crippen LogP contribution in [0.1, 0.15) is 60.4 Å². The van der Waals surface area contributed by atoms with Crippen LogP contribution in [0.3, 0.4) is 0 Å². The first kappa shape index (κ1) is 28.8. The molecule has 0 aromatic carbocycles. The number of aryl methyl sites for hydroxylation is 1. The van der Waals surface area contributed by atoms with E-state index in [4.69, 9.17) is 14.0 Å². The number of rotatable bonds is 7. The molecule has 1 N–H and O–H groups in total. The zero-order chi connectivity index (χ0) is 29.1. The number of hydrogen-bond acceptors (Lipinski definition) is 9. The summed E-state index contributed by atoms with van der Waals surface area (Å²) in [6.07, 6.45) is -1.21. The molecule has 1 saturated heterocycles. The van der Waals surface area contributed by atoms with Crippen LogP contribution in [0.5, 0.6) is 5.88 Å². The minimum Gasteiger partial charge on any atom is -0.477 e. The van der Waals surface area contributed by atoms with Crippen LogP contribution in [0.4, 0.5) is 23.7 Å². The van der Waals surface area contributed by atoms with Crippen LogP contribution in [0.15, 0.2) is 35.2 Å². The minimum atomic E-state index is -4.60. The van der Waals surface area contributed by atoms with Gasteiger partial charge in [-0.1, -0.05) is 5.16 Å². The van der Waals surface area contributed by atoms with Gasteiger partial charge in [0, 0.05) is 31.3 Å². The number of hydrogen-bond donors (Lipinski definition) is 1. The van der Waals surface area contributed by atoms with Gasteiger partial charge in [0.15, 0.2) is 11.5 Å². The standard InChI is InChI=1S/C26H29F3N6O5/c1-15-22(19(40-34-15)9-18-11-31-20(12-30-18)26(27,28)29)23(36)33-17-5-6-21(32-10-17)38-14-16-7-8-35(13-16)24(37)39-25(2,3)4/h5-6,10-12,16H,7-9,13-14H2,1-4H3,(H,33,36)/t16-/m0/s1. The Bertz CT molecular complexity index is 1340. The van der Waals surface area contributed by atoms with Crippen LogP contribution in [-0.4, -0.2) is 62.3 Å². The van der Waals surface area contributed by atoms with E-state index in [1.54, 1.807) is 24.0 Å². The van der Waals surface area contributed by atoms with E-state index in [-0.39, 0.29) is 35.4 Å². The molecule has 3 aromatic heterocycles. The minimum absolute atomic E-state index is 0.0771. The lowest BCUT2D eigenvalue weighted by atomic mass is 10.1. The fourth-order valence-electron chi connectivity index (χ4n) is 3.98. The molecule has 214 valence electrons. The zero-order valence-corrected chi connectivity index (χ0v) is 22.4. The van der Waals surface area contributed by atoms with E-state index in [2.05, 4.69) is 25.4 Å². The molecule has 3 aromatic rings. The monoisotopic (exact) mass is 562 g/mol. The summed E-state index contributed by atoms with van der Waals surface area (Å²) in [5.41, 5.74) is -0.668. The van der Waals surface area contributed by atoms with Crippen molar-refractivity contribution in [1.82, 2.24) is 25.0 Å². The maximum Gasteiger partial charge on any atom is 0.434 e. The third kappa shape index (κ3) is 7.45. The highest BCUT2D eigenvalue weighted by Crippen LogP contribution is 2.27. The highest BCUT2D eigenvalue weighted by atomic mass is 19.4. The molecule has 1 fully saturated rings. The van der Waals surface area contributed by atoms with Crippen LogP contribution in [0.25, 0.3) is 0 Å². The third-order valence-electron chi connectivity index (χ3n) is 5.90. The Hall–Kier alpha value is -4.23. The lowest BCUT2D eigenvalue weighted by Crippen LogP contribution is -2.35. The van der Waals surface area contributed by atoms with Gasteiger partial charge >= 0.3 is 12.3 Å². The maximum absolute atomic E-state index is 13.0. The van der Waals surface area contributed by atoms with E-state index in [1.807, 2.05) is 20.8 Å². The molecule has 2 amide bonds. The summed E-state index contributed by atoms with van der Waals surface area (Å²) in [5, 5.41) is 6.51. The molecule has 4 heterocycles. The summed E-state index contributed by atoms with van der Waals surface area (Å²) in [6.45, 7) is 8.53. The summed E-state index contributed by atoms with van der Waals surface area (Å²) < 4.78 is 54.6. The van der Waals surface area contributed by atoms with Crippen LogP contribution in [-0.2, 0) is 17.3 Å². The van der Waals surface area contributed by atoms with Crippen molar-refractivity contribution in [1.29, 1.82) is 0 Å². The predicted octanol–water partition coefficient (Wildman–Crippen LogP) is 4.67. The number of ether oxygens (including phenoxy) is 2. The normalized spacial score (nSPS) is 15.7. The molecule has 4 rings (SSSR count). The molecule has 0 bridgehead atoms. The number of aromatic nitrogens is 4. The molecular weight excluding hydrogens is 533 g/mol. The van der Waals surface area contributed by atoms with Crippen molar-refractivity contribution in [2.45, 2.75) is 52.3 Å². The molecule has 0 radical (unpaired) electrons. The first-order valence-electron chi connectivity index (χ1n) is 12.5. The number of amides is 2. The van der Waals surface area contributed by atoms with Gasteiger partial charge in [-0.25, -0.2) is 14.8 Å². The number of carbonyl (C=O) groups excluding carboxylic acids is 2. The van der Waals surface area contributed by atoms with E-state index in [1.165, 1.54) is 6.20 Å². The number of nitrogens with zero attached hydrogens (tertiary/aromatic N) is 5. The summed E-state index contributed by atoms with van der Waals surface area (Å²) in [4.78, 5) is 38.2. The van der Waals surface area contributed by atoms with E-state index in [9.17, 15) is 22.8 Å².